The molecule has 2 nitrogen and oxygen atoms in total. The molecule has 0 aromatic heterocycles. The van der Waals surface area contributed by atoms with Crippen LogP contribution in [0.3, 0.4) is 0 Å². The van der Waals surface area contributed by atoms with E-state index >= 15 is 0 Å². The highest BCUT2D eigenvalue weighted by molar-refractivity contribution is 5.87. The minimum atomic E-state index is -0.564. The van der Waals surface area contributed by atoms with Crippen molar-refractivity contribution in [3.8, 4) is 12.3 Å². The van der Waals surface area contributed by atoms with E-state index in [2.05, 4.69) is 13.8 Å². The molecule has 0 saturated carbocycles. The minimum Gasteiger partial charge on any atom is -0.453 e. The fraction of sp³-hybridized carbons (Fsp3) is 0.700. The number of esters is 1. The van der Waals surface area contributed by atoms with Crippen molar-refractivity contribution in [1.82, 2.24) is 0 Å². The van der Waals surface area contributed by atoms with E-state index in [9.17, 15) is 4.79 Å². The molecule has 12 heavy (non-hydrogen) atoms. The summed E-state index contributed by atoms with van der Waals surface area (Å²) in [7, 11) is 0. The van der Waals surface area contributed by atoms with E-state index in [0.717, 1.165) is 12.8 Å². The second kappa shape index (κ2) is 5.65. The van der Waals surface area contributed by atoms with Crippen LogP contribution in [0.2, 0.25) is 0 Å². The van der Waals surface area contributed by atoms with Crippen LogP contribution in [0.25, 0.3) is 0 Å². The summed E-state index contributed by atoms with van der Waals surface area (Å²) in [6, 6.07) is 0. The van der Waals surface area contributed by atoms with Gasteiger partial charge in [0.15, 0.2) is 0 Å². The first kappa shape index (κ1) is 11.0. The lowest BCUT2D eigenvalue weighted by atomic mass is 10.1. The topological polar surface area (TPSA) is 26.3 Å². The van der Waals surface area contributed by atoms with Gasteiger partial charge in [0, 0.05) is 5.92 Å². The highest BCUT2D eigenvalue weighted by Gasteiger charge is 2.07. The Balaban J connectivity index is 3.54. The van der Waals surface area contributed by atoms with Gasteiger partial charge in [0.25, 0.3) is 0 Å². The molecule has 0 aliphatic rings. The third kappa shape index (κ3) is 5.79. The molecule has 1 atom stereocenters. The molecule has 0 saturated heterocycles. The van der Waals surface area contributed by atoms with E-state index < -0.39 is 5.97 Å². The molecule has 0 heterocycles. The molecule has 0 fully saturated rings. The van der Waals surface area contributed by atoms with E-state index in [0.29, 0.717) is 5.92 Å². The van der Waals surface area contributed by atoms with Crippen molar-refractivity contribution in [2.75, 3.05) is 0 Å². The number of rotatable bonds is 4. The van der Waals surface area contributed by atoms with Gasteiger partial charge < -0.3 is 4.74 Å². The maximum absolute atomic E-state index is 10.6. The fourth-order valence-electron chi connectivity index (χ4n) is 0.844. The van der Waals surface area contributed by atoms with Crippen molar-refractivity contribution < 1.29 is 9.53 Å². The molecule has 68 valence electrons. The minimum absolute atomic E-state index is 0.0593. The molecule has 0 amide bonds. The Morgan fingerprint density at radius 2 is 2.00 bits per heavy atom. The number of carbonyl (C=O) groups is 1. The summed E-state index contributed by atoms with van der Waals surface area (Å²) in [4.78, 5) is 10.6. The average Bonchev–Trinajstić information content (AvgIpc) is 2.00. The van der Waals surface area contributed by atoms with Gasteiger partial charge in [-0.15, -0.1) is 6.42 Å². The lowest BCUT2D eigenvalue weighted by Crippen LogP contribution is -2.13. The number of hydrogen-bond acceptors (Lipinski definition) is 2. The summed E-state index contributed by atoms with van der Waals surface area (Å²) in [5.74, 6) is 1.99. The maximum atomic E-state index is 10.6. The maximum Gasteiger partial charge on any atom is 0.384 e. The van der Waals surface area contributed by atoms with Crippen LogP contribution in [0.15, 0.2) is 0 Å². The van der Waals surface area contributed by atoms with E-state index in [1.165, 1.54) is 0 Å². The van der Waals surface area contributed by atoms with Gasteiger partial charge in [0.05, 0.1) is 0 Å². The fourth-order valence-corrected chi connectivity index (χ4v) is 0.844. The molecule has 0 bridgehead atoms. The number of carbonyl (C=O) groups excluding carboxylic acids is 1. The van der Waals surface area contributed by atoms with Crippen LogP contribution in [0.4, 0.5) is 0 Å². The van der Waals surface area contributed by atoms with Gasteiger partial charge in [-0.25, -0.2) is 4.79 Å². The molecular formula is C10H16O2. The van der Waals surface area contributed by atoms with Crippen molar-refractivity contribution in [2.24, 2.45) is 5.92 Å². The summed E-state index contributed by atoms with van der Waals surface area (Å²) in [5.41, 5.74) is 0. The Labute approximate surface area is 74.3 Å². The summed E-state index contributed by atoms with van der Waals surface area (Å²) >= 11 is 0. The van der Waals surface area contributed by atoms with Crippen molar-refractivity contribution in [1.29, 1.82) is 0 Å². The predicted octanol–water partition coefficient (Wildman–Crippen LogP) is 1.99. The lowest BCUT2D eigenvalue weighted by molar-refractivity contribution is -0.141. The number of hydrogen-bond donors (Lipinski definition) is 0. The Bertz CT molecular complexity index is 177. The summed E-state index contributed by atoms with van der Waals surface area (Å²) in [6.07, 6.45) is 6.73. The van der Waals surface area contributed by atoms with Crippen LogP contribution in [0.5, 0.6) is 0 Å². The zero-order chi connectivity index (χ0) is 9.56. The van der Waals surface area contributed by atoms with Gasteiger partial charge in [-0.05, 0) is 25.7 Å². The molecule has 0 aliphatic heterocycles. The van der Waals surface area contributed by atoms with Crippen molar-refractivity contribution >= 4 is 5.97 Å². The van der Waals surface area contributed by atoms with Crippen molar-refractivity contribution in [3.63, 3.8) is 0 Å². The van der Waals surface area contributed by atoms with Gasteiger partial charge in [0.1, 0.15) is 6.10 Å². The molecule has 0 rings (SSSR count). The predicted molar refractivity (Wildman–Crippen MR) is 48.5 cm³/mol. The van der Waals surface area contributed by atoms with Gasteiger partial charge in [-0.2, -0.15) is 0 Å². The van der Waals surface area contributed by atoms with E-state index in [-0.39, 0.29) is 6.10 Å². The zero-order valence-corrected chi connectivity index (χ0v) is 7.96. The molecule has 2 heteroatoms. The third-order valence-corrected chi connectivity index (χ3v) is 1.58. The molecule has 0 radical (unpaired) electrons. The van der Waals surface area contributed by atoms with Crippen LogP contribution in [-0.4, -0.2) is 12.1 Å². The lowest BCUT2D eigenvalue weighted by Gasteiger charge is -2.11. The molecule has 0 aromatic carbocycles. The van der Waals surface area contributed by atoms with Gasteiger partial charge in [-0.1, -0.05) is 13.8 Å². The number of ether oxygens (including phenoxy) is 1. The smallest absolute Gasteiger partial charge is 0.384 e. The monoisotopic (exact) mass is 168 g/mol. The summed E-state index contributed by atoms with van der Waals surface area (Å²) in [5, 5.41) is 0. The molecule has 0 aromatic rings. The Morgan fingerprint density at radius 3 is 2.42 bits per heavy atom. The highest BCUT2D eigenvalue weighted by Crippen LogP contribution is 2.08. The molecule has 1 unspecified atom stereocenters. The van der Waals surface area contributed by atoms with Gasteiger partial charge >= 0.3 is 5.97 Å². The first-order valence-corrected chi connectivity index (χ1v) is 4.23. The average molecular weight is 168 g/mol. The molecular weight excluding hydrogens is 152 g/mol. The molecule has 0 N–H and O–H groups in total. The van der Waals surface area contributed by atoms with Crippen molar-refractivity contribution in [2.45, 2.75) is 39.7 Å². The standard InChI is InChI=1S/C10H16O2/c1-5-10(11)12-9(4)7-6-8(2)3/h1,8-9H,6-7H2,2-4H3. The highest BCUT2D eigenvalue weighted by atomic mass is 16.5. The Hall–Kier alpha value is -0.970. The first-order valence-electron chi connectivity index (χ1n) is 4.23. The largest absolute Gasteiger partial charge is 0.453 e. The van der Waals surface area contributed by atoms with Crippen LogP contribution < -0.4 is 0 Å². The second-order valence-corrected chi connectivity index (χ2v) is 3.33. The third-order valence-electron chi connectivity index (χ3n) is 1.58. The normalized spacial score (nSPS) is 12.2. The summed E-state index contributed by atoms with van der Waals surface area (Å²) < 4.78 is 4.87. The van der Waals surface area contributed by atoms with E-state index in [4.69, 9.17) is 11.2 Å². The van der Waals surface area contributed by atoms with Gasteiger partial charge in [0.2, 0.25) is 0 Å². The van der Waals surface area contributed by atoms with Crippen molar-refractivity contribution in [3.05, 3.63) is 0 Å². The first-order chi connectivity index (χ1) is 5.56. The summed E-state index contributed by atoms with van der Waals surface area (Å²) in [6.45, 7) is 6.13. The van der Waals surface area contributed by atoms with Gasteiger partial charge in [-0.3, -0.25) is 0 Å². The van der Waals surface area contributed by atoms with E-state index in [1.54, 1.807) is 0 Å². The van der Waals surface area contributed by atoms with E-state index in [1.807, 2.05) is 12.8 Å². The Kier molecular flexibility index (Phi) is 5.19. The zero-order valence-electron chi connectivity index (χ0n) is 7.96. The Morgan fingerprint density at radius 1 is 1.42 bits per heavy atom. The molecule has 0 aliphatic carbocycles. The van der Waals surface area contributed by atoms with Crippen LogP contribution in [-0.2, 0) is 9.53 Å². The van der Waals surface area contributed by atoms with Crippen LogP contribution in [0, 0.1) is 18.3 Å². The molecule has 0 spiro atoms. The van der Waals surface area contributed by atoms with Crippen LogP contribution >= 0.6 is 0 Å². The SMILES string of the molecule is C#CC(=O)OC(C)CCC(C)C. The quantitative estimate of drug-likeness (QED) is 0.364. The second-order valence-electron chi connectivity index (χ2n) is 3.33. The van der Waals surface area contributed by atoms with Crippen LogP contribution in [0.1, 0.15) is 33.6 Å². The number of terminal acetylenes is 1.